The summed E-state index contributed by atoms with van der Waals surface area (Å²) in [6.45, 7) is 0.528. The molecule has 1 fully saturated rings. The minimum Gasteiger partial charge on any atom is -0.475 e. The molecular formula is C13H16N2O6. The number of esters is 1. The molecule has 1 aliphatic rings. The minimum atomic E-state index is -1.17. The van der Waals surface area contributed by atoms with Crippen LogP contribution in [0.5, 0.6) is 0 Å². The van der Waals surface area contributed by atoms with Crippen molar-refractivity contribution in [2.24, 2.45) is 0 Å². The summed E-state index contributed by atoms with van der Waals surface area (Å²) in [5, 5.41) is 11.3. The fraction of sp³-hybridized carbons (Fsp3) is 0.462. The van der Waals surface area contributed by atoms with Crippen LogP contribution in [0.2, 0.25) is 0 Å². The van der Waals surface area contributed by atoms with E-state index in [1.54, 1.807) is 0 Å². The maximum atomic E-state index is 12.0. The zero-order valence-corrected chi connectivity index (χ0v) is 11.5. The Morgan fingerprint density at radius 1 is 1.48 bits per heavy atom. The summed E-state index contributed by atoms with van der Waals surface area (Å²) in [6.07, 6.45) is 1.31. The van der Waals surface area contributed by atoms with Gasteiger partial charge in [-0.3, -0.25) is 0 Å². The van der Waals surface area contributed by atoms with Gasteiger partial charge >= 0.3 is 18.0 Å². The van der Waals surface area contributed by atoms with Gasteiger partial charge in [-0.1, -0.05) is 0 Å². The number of furan rings is 1. The second kappa shape index (κ2) is 6.29. The largest absolute Gasteiger partial charge is 0.475 e. The molecule has 1 saturated heterocycles. The molecule has 2 heterocycles. The molecule has 21 heavy (non-hydrogen) atoms. The van der Waals surface area contributed by atoms with Gasteiger partial charge in [0.05, 0.1) is 13.7 Å². The number of nitrogens with zero attached hydrogens (tertiary/aromatic N) is 1. The lowest BCUT2D eigenvalue weighted by atomic mass is 10.2. The molecule has 1 aromatic heterocycles. The molecule has 2 N–H and O–H groups in total. The smallest absolute Gasteiger partial charge is 0.371 e. The van der Waals surface area contributed by atoms with Crippen molar-refractivity contribution in [1.82, 2.24) is 10.2 Å². The molecule has 8 nitrogen and oxygen atoms in total. The number of hydrogen-bond acceptors (Lipinski definition) is 5. The van der Waals surface area contributed by atoms with E-state index in [1.165, 1.54) is 24.1 Å². The highest BCUT2D eigenvalue weighted by atomic mass is 16.5. The van der Waals surface area contributed by atoms with Crippen molar-refractivity contribution in [3.8, 4) is 0 Å². The van der Waals surface area contributed by atoms with Crippen molar-refractivity contribution in [3.05, 3.63) is 23.7 Å². The Morgan fingerprint density at radius 3 is 2.86 bits per heavy atom. The molecule has 1 unspecified atom stereocenters. The first-order valence-corrected chi connectivity index (χ1v) is 6.47. The number of nitrogens with one attached hydrogen (secondary N) is 1. The molecule has 0 aromatic carbocycles. The van der Waals surface area contributed by atoms with Crippen LogP contribution in [0.15, 0.2) is 16.5 Å². The van der Waals surface area contributed by atoms with Crippen LogP contribution >= 0.6 is 0 Å². The van der Waals surface area contributed by atoms with Gasteiger partial charge in [0, 0.05) is 6.54 Å². The third-order valence-electron chi connectivity index (χ3n) is 3.27. The van der Waals surface area contributed by atoms with E-state index in [1.807, 2.05) is 0 Å². The Bertz CT molecular complexity index is 553. The van der Waals surface area contributed by atoms with Crippen LogP contribution in [0.25, 0.3) is 0 Å². The van der Waals surface area contributed by atoms with E-state index >= 15 is 0 Å². The number of urea groups is 1. The molecule has 0 aliphatic carbocycles. The predicted molar refractivity (Wildman–Crippen MR) is 69.6 cm³/mol. The van der Waals surface area contributed by atoms with Crippen LogP contribution in [0.1, 0.15) is 29.2 Å². The number of likely N-dealkylation sites (tertiary alicyclic amines) is 1. The van der Waals surface area contributed by atoms with Gasteiger partial charge in [-0.2, -0.15) is 0 Å². The van der Waals surface area contributed by atoms with E-state index in [0.29, 0.717) is 18.7 Å². The number of ether oxygens (including phenoxy) is 1. The third-order valence-corrected chi connectivity index (χ3v) is 3.27. The number of hydrogen-bond donors (Lipinski definition) is 2. The van der Waals surface area contributed by atoms with Gasteiger partial charge in [-0.05, 0) is 25.0 Å². The summed E-state index contributed by atoms with van der Waals surface area (Å²) in [4.78, 5) is 35.7. The van der Waals surface area contributed by atoms with Crippen molar-refractivity contribution >= 4 is 18.0 Å². The second-order valence-corrected chi connectivity index (χ2v) is 4.60. The van der Waals surface area contributed by atoms with Crippen LogP contribution < -0.4 is 5.32 Å². The summed E-state index contributed by atoms with van der Waals surface area (Å²) >= 11 is 0. The highest BCUT2D eigenvalue weighted by Gasteiger charge is 2.34. The zero-order valence-electron chi connectivity index (χ0n) is 11.5. The number of carbonyl (C=O) groups is 3. The van der Waals surface area contributed by atoms with E-state index in [4.69, 9.17) is 9.52 Å². The van der Waals surface area contributed by atoms with Crippen LogP contribution in [0.4, 0.5) is 4.79 Å². The Balaban J connectivity index is 1.91. The molecule has 0 radical (unpaired) electrons. The van der Waals surface area contributed by atoms with Crippen molar-refractivity contribution in [2.45, 2.75) is 25.4 Å². The lowest BCUT2D eigenvalue weighted by Gasteiger charge is -2.22. The molecule has 1 aromatic rings. The fourth-order valence-corrected chi connectivity index (χ4v) is 2.24. The molecule has 0 saturated carbocycles. The van der Waals surface area contributed by atoms with E-state index in [2.05, 4.69) is 10.1 Å². The number of carboxylic acids is 1. The van der Waals surface area contributed by atoms with Crippen LogP contribution in [0.3, 0.4) is 0 Å². The summed E-state index contributed by atoms with van der Waals surface area (Å²) in [5.74, 6) is -1.46. The van der Waals surface area contributed by atoms with Gasteiger partial charge in [0.2, 0.25) is 5.76 Å². The van der Waals surface area contributed by atoms with Gasteiger partial charge in [0.25, 0.3) is 0 Å². The zero-order chi connectivity index (χ0) is 15.4. The first-order valence-electron chi connectivity index (χ1n) is 6.47. The van der Waals surface area contributed by atoms with Gasteiger partial charge < -0.3 is 24.5 Å². The molecule has 2 amide bonds. The average Bonchev–Trinajstić information content (AvgIpc) is 3.12. The Kier molecular flexibility index (Phi) is 4.46. The topological polar surface area (TPSA) is 109 Å². The number of methoxy groups -OCH3 is 1. The van der Waals surface area contributed by atoms with Crippen LogP contribution in [-0.4, -0.2) is 47.7 Å². The Morgan fingerprint density at radius 2 is 2.24 bits per heavy atom. The molecule has 114 valence electrons. The quantitative estimate of drug-likeness (QED) is 0.796. The molecular weight excluding hydrogens is 280 g/mol. The van der Waals surface area contributed by atoms with Crippen LogP contribution in [0, 0.1) is 0 Å². The average molecular weight is 296 g/mol. The van der Waals surface area contributed by atoms with Gasteiger partial charge in [-0.15, -0.1) is 0 Å². The molecule has 1 atom stereocenters. The molecule has 1 aliphatic heterocycles. The molecule has 0 bridgehead atoms. The number of amides is 2. The standard InChI is InChI=1S/C13H16N2O6/c1-20-12(18)9-3-2-6-15(9)13(19)14-7-8-4-5-10(21-8)11(16)17/h4-5,9H,2-3,6-7H2,1H3,(H,14,19)(H,16,17). The van der Waals surface area contributed by atoms with E-state index < -0.39 is 24.0 Å². The monoisotopic (exact) mass is 296 g/mol. The highest BCUT2D eigenvalue weighted by Crippen LogP contribution is 2.18. The third kappa shape index (κ3) is 3.33. The van der Waals surface area contributed by atoms with E-state index in [9.17, 15) is 14.4 Å². The minimum absolute atomic E-state index is 0.0521. The normalized spacial score (nSPS) is 17.6. The number of carboxylic acid groups (broad SMARTS) is 1. The maximum absolute atomic E-state index is 12.0. The van der Waals surface area contributed by atoms with Gasteiger partial charge in [0.1, 0.15) is 11.8 Å². The fourth-order valence-electron chi connectivity index (χ4n) is 2.24. The predicted octanol–water partition coefficient (Wildman–Crippen LogP) is 0.825. The van der Waals surface area contributed by atoms with Gasteiger partial charge in [0.15, 0.2) is 0 Å². The summed E-state index contributed by atoms with van der Waals surface area (Å²) in [7, 11) is 1.28. The Hall–Kier alpha value is -2.51. The SMILES string of the molecule is COC(=O)C1CCCN1C(=O)NCc1ccc(C(=O)O)o1. The second-order valence-electron chi connectivity index (χ2n) is 4.60. The van der Waals surface area contributed by atoms with Crippen LogP contribution in [-0.2, 0) is 16.1 Å². The summed E-state index contributed by atoms with van der Waals surface area (Å²) in [6, 6.07) is 1.82. The summed E-state index contributed by atoms with van der Waals surface area (Å²) in [5.41, 5.74) is 0. The highest BCUT2D eigenvalue weighted by molar-refractivity contribution is 5.85. The van der Waals surface area contributed by atoms with Crippen molar-refractivity contribution in [1.29, 1.82) is 0 Å². The first kappa shape index (κ1) is 14.9. The number of aromatic carboxylic acids is 1. The molecule has 0 spiro atoms. The first-order chi connectivity index (χ1) is 10.0. The summed E-state index contributed by atoms with van der Waals surface area (Å²) < 4.78 is 9.69. The maximum Gasteiger partial charge on any atom is 0.371 e. The lowest BCUT2D eigenvalue weighted by Crippen LogP contribution is -2.46. The van der Waals surface area contributed by atoms with Crippen molar-refractivity contribution in [3.63, 3.8) is 0 Å². The number of rotatable bonds is 4. The van der Waals surface area contributed by atoms with Crippen molar-refractivity contribution < 1.29 is 28.6 Å². The van der Waals surface area contributed by atoms with E-state index in [-0.39, 0.29) is 12.3 Å². The Labute approximate surface area is 120 Å². The number of carbonyl (C=O) groups excluding carboxylic acids is 2. The van der Waals surface area contributed by atoms with E-state index in [0.717, 1.165) is 6.42 Å². The molecule has 2 rings (SSSR count). The molecule has 8 heteroatoms. The van der Waals surface area contributed by atoms with Gasteiger partial charge in [-0.25, -0.2) is 14.4 Å². The lowest BCUT2D eigenvalue weighted by molar-refractivity contribution is -0.144. The van der Waals surface area contributed by atoms with Crippen molar-refractivity contribution in [2.75, 3.05) is 13.7 Å².